The van der Waals surface area contributed by atoms with Gasteiger partial charge in [0.2, 0.25) is 0 Å². The largest absolute Gasteiger partial charge is 0.337 e. The van der Waals surface area contributed by atoms with Crippen LogP contribution in [-0.2, 0) is 6.54 Å². The predicted octanol–water partition coefficient (Wildman–Crippen LogP) is 4.60. The zero-order valence-corrected chi connectivity index (χ0v) is 17.8. The van der Waals surface area contributed by atoms with Gasteiger partial charge in [0.05, 0.1) is 11.3 Å². The van der Waals surface area contributed by atoms with Crippen LogP contribution in [0.25, 0.3) is 0 Å². The number of amides is 1. The Kier molecular flexibility index (Phi) is 6.95. The Labute approximate surface area is 175 Å². The van der Waals surface area contributed by atoms with E-state index in [0.29, 0.717) is 23.8 Å². The van der Waals surface area contributed by atoms with Crippen LogP contribution >= 0.6 is 11.3 Å². The van der Waals surface area contributed by atoms with Crippen LogP contribution in [0.15, 0.2) is 54.0 Å². The molecule has 2 aromatic heterocycles. The van der Waals surface area contributed by atoms with Crippen molar-refractivity contribution in [2.45, 2.75) is 32.9 Å². The van der Waals surface area contributed by atoms with Gasteiger partial charge in [-0.15, -0.1) is 11.3 Å². The maximum absolute atomic E-state index is 12.6. The minimum absolute atomic E-state index is 0.0603. The summed E-state index contributed by atoms with van der Waals surface area (Å²) in [6.45, 7) is 4.85. The van der Waals surface area contributed by atoms with Gasteiger partial charge in [-0.05, 0) is 30.0 Å². The summed E-state index contributed by atoms with van der Waals surface area (Å²) in [6, 6.07) is 13.4. The highest BCUT2D eigenvalue weighted by Crippen LogP contribution is 2.25. The Hall–Kier alpha value is -2.77. The summed E-state index contributed by atoms with van der Waals surface area (Å²) in [6.07, 6.45) is 2.49. The van der Waals surface area contributed by atoms with Crippen molar-refractivity contribution in [1.82, 2.24) is 14.9 Å². The third kappa shape index (κ3) is 5.85. The zero-order valence-electron chi connectivity index (χ0n) is 17.0. The van der Waals surface area contributed by atoms with Gasteiger partial charge in [-0.2, -0.15) is 0 Å². The number of anilines is 2. The summed E-state index contributed by atoms with van der Waals surface area (Å²) >= 11 is 1.50. The van der Waals surface area contributed by atoms with E-state index in [1.54, 1.807) is 30.3 Å². The molecule has 1 atom stereocenters. The van der Waals surface area contributed by atoms with Crippen molar-refractivity contribution < 1.29 is 4.79 Å². The lowest BCUT2D eigenvalue weighted by molar-refractivity contribution is 0.0784. The maximum Gasteiger partial charge on any atom is 0.255 e. The highest BCUT2D eigenvalue weighted by molar-refractivity contribution is 7.13. The molecular formula is C22H27N5OS. The average Bonchev–Trinajstić information content (AvgIpc) is 3.17. The Bertz CT molecular complexity index is 924. The molecule has 0 saturated heterocycles. The molecule has 0 spiro atoms. The number of benzene rings is 1. The van der Waals surface area contributed by atoms with Crippen LogP contribution in [0.2, 0.25) is 0 Å². The van der Waals surface area contributed by atoms with Gasteiger partial charge in [0.25, 0.3) is 5.91 Å². The lowest BCUT2D eigenvalue weighted by Crippen LogP contribution is -2.26. The molecule has 6 nitrogen and oxygen atoms in total. The molecule has 1 unspecified atom stereocenters. The predicted molar refractivity (Wildman–Crippen MR) is 118 cm³/mol. The van der Waals surface area contributed by atoms with Crippen LogP contribution in [0.3, 0.4) is 0 Å². The summed E-state index contributed by atoms with van der Waals surface area (Å²) in [5, 5.41) is 5.90. The van der Waals surface area contributed by atoms with Gasteiger partial charge in [0.1, 0.15) is 5.82 Å². The molecule has 0 aliphatic rings. The van der Waals surface area contributed by atoms with Crippen molar-refractivity contribution in [2.24, 2.45) is 11.7 Å². The highest BCUT2D eigenvalue weighted by atomic mass is 32.1. The van der Waals surface area contributed by atoms with Crippen LogP contribution in [0.4, 0.5) is 10.9 Å². The van der Waals surface area contributed by atoms with Gasteiger partial charge in [0, 0.05) is 31.2 Å². The Morgan fingerprint density at radius 1 is 1.21 bits per heavy atom. The standard InChI is InChI=1S/C22H27N5OS/c1-15(2)11-18(23)19-14-29-22(25-19)26-20-10-9-17(12-24-20)21(28)27(3)13-16-7-5-4-6-8-16/h4-10,12,14-15,18H,11,13,23H2,1-3H3,(H,24,25,26). The first kappa shape index (κ1) is 21.0. The number of hydrogen-bond acceptors (Lipinski definition) is 6. The first-order chi connectivity index (χ1) is 13.9. The summed E-state index contributed by atoms with van der Waals surface area (Å²) in [7, 11) is 1.79. The van der Waals surface area contributed by atoms with Crippen molar-refractivity contribution in [3.8, 4) is 0 Å². The van der Waals surface area contributed by atoms with Gasteiger partial charge in [-0.3, -0.25) is 4.79 Å². The summed E-state index contributed by atoms with van der Waals surface area (Å²) < 4.78 is 0. The molecule has 0 radical (unpaired) electrons. The number of aromatic nitrogens is 2. The second-order valence-electron chi connectivity index (χ2n) is 7.52. The van der Waals surface area contributed by atoms with Crippen LogP contribution in [-0.4, -0.2) is 27.8 Å². The molecule has 3 aromatic rings. The lowest BCUT2D eigenvalue weighted by atomic mass is 10.0. The second kappa shape index (κ2) is 9.62. The lowest BCUT2D eigenvalue weighted by Gasteiger charge is -2.17. The topological polar surface area (TPSA) is 84.1 Å². The number of nitrogens with one attached hydrogen (secondary N) is 1. The van der Waals surface area contributed by atoms with Crippen molar-refractivity contribution in [3.05, 3.63) is 70.9 Å². The van der Waals surface area contributed by atoms with E-state index >= 15 is 0 Å². The highest BCUT2D eigenvalue weighted by Gasteiger charge is 2.14. The molecule has 7 heteroatoms. The van der Waals surface area contributed by atoms with Crippen molar-refractivity contribution in [2.75, 3.05) is 12.4 Å². The zero-order chi connectivity index (χ0) is 20.8. The first-order valence-corrected chi connectivity index (χ1v) is 10.5. The minimum Gasteiger partial charge on any atom is -0.337 e. The van der Waals surface area contributed by atoms with Crippen molar-refractivity contribution >= 4 is 28.2 Å². The Morgan fingerprint density at radius 3 is 2.62 bits per heavy atom. The van der Waals surface area contributed by atoms with E-state index in [1.165, 1.54) is 11.3 Å². The third-order valence-corrected chi connectivity index (χ3v) is 5.26. The SMILES string of the molecule is CC(C)CC(N)c1csc(Nc2ccc(C(=O)N(C)Cc3ccccc3)cn2)n1. The second-order valence-corrected chi connectivity index (χ2v) is 8.38. The molecule has 0 aliphatic heterocycles. The average molecular weight is 410 g/mol. The number of carbonyl (C=O) groups excluding carboxylic acids is 1. The van der Waals surface area contributed by atoms with E-state index in [4.69, 9.17) is 5.73 Å². The van der Waals surface area contributed by atoms with E-state index in [1.807, 2.05) is 35.7 Å². The first-order valence-electron chi connectivity index (χ1n) is 9.66. The van der Waals surface area contributed by atoms with Gasteiger partial charge >= 0.3 is 0 Å². The van der Waals surface area contributed by atoms with E-state index in [9.17, 15) is 4.79 Å². The van der Waals surface area contributed by atoms with Gasteiger partial charge in [-0.25, -0.2) is 9.97 Å². The molecule has 3 rings (SSSR count). The number of nitrogens with two attached hydrogens (primary N) is 1. The monoisotopic (exact) mass is 409 g/mol. The minimum atomic E-state index is -0.0657. The van der Waals surface area contributed by atoms with E-state index in [2.05, 4.69) is 29.1 Å². The Morgan fingerprint density at radius 2 is 1.97 bits per heavy atom. The fourth-order valence-corrected chi connectivity index (χ4v) is 3.78. The smallest absolute Gasteiger partial charge is 0.255 e. The van der Waals surface area contributed by atoms with E-state index in [0.717, 1.165) is 22.8 Å². The number of rotatable bonds is 8. The normalized spacial score (nSPS) is 12.0. The van der Waals surface area contributed by atoms with E-state index in [-0.39, 0.29) is 11.9 Å². The van der Waals surface area contributed by atoms with E-state index < -0.39 is 0 Å². The number of pyridine rings is 1. The molecule has 0 fully saturated rings. The van der Waals surface area contributed by atoms with Crippen molar-refractivity contribution in [1.29, 1.82) is 0 Å². The molecule has 0 bridgehead atoms. The maximum atomic E-state index is 12.6. The Balaban J connectivity index is 1.60. The quantitative estimate of drug-likeness (QED) is 0.568. The van der Waals surface area contributed by atoms with Crippen molar-refractivity contribution in [3.63, 3.8) is 0 Å². The number of thiazole rings is 1. The fraction of sp³-hybridized carbons (Fsp3) is 0.318. The molecule has 29 heavy (non-hydrogen) atoms. The molecule has 0 aliphatic carbocycles. The molecule has 0 saturated carbocycles. The molecule has 3 N–H and O–H groups in total. The van der Waals surface area contributed by atoms with Crippen LogP contribution < -0.4 is 11.1 Å². The van der Waals surface area contributed by atoms with Gasteiger partial charge < -0.3 is 16.0 Å². The van der Waals surface area contributed by atoms with Crippen LogP contribution in [0.1, 0.15) is 47.9 Å². The van der Waals surface area contributed by atoms with Crippen LogP contribution in [0.5, 0.6) is 0 Å². The molecular weight excluding hydrogens is 382 g/mol. The van der Waals surface area contributed by atoms with Crippen LogP contribution in [0, 0.1) is 5.92 Å². The summed E-state index contributed by atoms with van der Waals surface area (Å²) in [5.74, 6) is 1.10. The number of carbonyl (C=O) groups is 1. The molecule has 1 aromatic carbocycles. The third-order valence-electron chi connectivity index (χ3n) is 4.48. The van der Waals surface area contributed by atoms with Gasteiger partial charge in [-0.1, -0.05) is 44.2 Å². The number of nitrogens with zero attached hydrogens (tertiary/aromatic N) is 3. The summed E-state index contributed by atoms with van der Waals surface area (Å²) in [5.41, 5.74) is 8.72. The molecule has 1 amide bonds. The molecule has 2 heterocycles. The fourth-order valence-electron chi connectivity index (χ4n) is 3.00. The molecule has 152 valence electrons. The number of hydrogen-bond donors (Lipinski definition) is 2. The van der Waals surface area contributed by atoms with Gasteiger partial charge in [0.15, 0.2) is 5.13 Å². The summed E-state index contributed by atoms with van der Waals surface area (Å²) in [4.78, 5) is 23.2.